The first-order chi connectivity index (χ1) is 12.7. The lowest BCUT2D eigenvalue weighted by atomic mass is 10.1. The molecule has 0 heterocycles. The van der Waals surface area contributed by atoms with Crippen molar-refractivity contribution < 1.29 is 14.3 Å². The van der Waals surface area contributed by atoms with E-state index < -0.39 is 5.60 Å². The molecule has 0 spiro atoms. The number of nitrogens with zero attached hydrogens (tertiary/aromatic N) is 1. The molecule has 0 bridgehead atoms. The molecule has 2 aromatic carbocycles. The van der Waals surface area contributed by atoms with Gasteiger partial charge in [0.2, 0.25) is 0 Å². The van der Waals surface area contributed by atoms with Gasteiger partial charge in [-0.2, -0.15) is 0 Å². The molecule has 0 aliphatic heterocycles. The van der Waals surface area contributed by atoms with Gasteiger partial charge >= 0.3 is 6.09 Å². The summed E-state index contributed by atoms with van der Waals surface area (Å²) in [6.45, 7) is 10.4. The van der Waals surface area contributed by atoms with Crippen LogP contribution in [0.1, 0.15) is 45.7 Å². The highest BCUT2D eigenvalue weighted by atomic mass is 79.9. The van der Waals surface area contributed by atoms with Crippen LogP contribution in [0.25, 0.3) is 0 Å². The number of rotatable bonds is 6. The average molecular weight is 434 g/mol. The summed E-state index contributed by atoms with van der Waals surface area (Å²) in [6, 6.07) is 15.8. The zero-order chi connectivity index (χ0) is 20.0. The molecule has 0 aromatic heterocycles. The van der Waals surface area contributed by atoms with Gasteiger partial charge in [-0.1, -0.05) is 52.3 Å². The van der Waals surface area contributed by atoms with Gasteiger partial charge in [0.15, 0.2) is 0 Å². The van der Waals surface area contributed by atoms with Crippen LogP contribution in [0.2, 0.25) is 0 Å². The summed E-state index contributed by atoms with van der Waals surface area (Å²) in [4.78, 5) is 14.4. The molecule has 0 unspecified atom stereocenters. The van der Waals surface area contributed by atoms with Crippen molar-refractivity contribution in [3.63, 3.8) is 0 Å². The molecular formula is C22H28BrNO3. The Morgan fingerprint density at radius 1 is 1.07 bits per heavy atom. The zero-order valence-corrected chi connectivity index (χ0v) is 18.2. The molecule has 4 nitrogen and oxygen atoms in total. The first kappa shape index (κ1) is 21.3. The summed E-state index contributed by atoms with van der Waals surface area (Å²) >= 11 is 3.60. The smallest absolute Gasteiger partial charge is 0.410 e. The Morgan fingerprint density at radius 2 is 1.74 bits per heavy atom. The Morgan fingerprint density at radius 3 is 2.33 bits per heavy atom. The molecule has 146 valence electrons. The maximum Gasteiger partial charge on any atom is 0.410 e. The minimum absolute atomic E-state index is 0.00562. The van der Waals surface area contributed by atoms with Crippen molar-refractivity contribution in [1.29, 1.82) is 0 Å². The van der Waals surface area contributed by atoms with E-state index in [2.05, 4.69) is 15.9 Å². The second kappa shape index (κ2) is 9.27. The van der Waals surface area contributed by atoms with Crippen LogP contribution in [0.5, 0.6) is 5.75 Å². The van der Waals surface area contributed by atoms with Crippen LogP contribution in [-0.2, 0) is 17.9 Å². The fourth-order valence-electron chi connectivity index (χ4n) is 2.51. The molecule has 0 N–H and O–H groups in total. The molecule has 2 rings (SSSR count). The van der Waals surface area contributed by atoms with Crippen molar-refractivity contribution in [3.05, 3.63) is 64.1 Å². The SMILES string of the molecule is CC(C)N(Cc1c(Br)cccc1OCc1ccccc1)C(=O)OC(C)(C)C. The number of carbonyl (C=O) groups excluding carboxylic acids is 1. The standard InChI is InChI=1S/C22H28BrNO3/c1-16(2)24(21(25)27-22(3,4)5)14-18-19(23)12-9-13-20(18)26-15-17-10-7-6-8-11-17/h6-13,16H,14-15H2,1-5H3. The number of halogens is 1. The first-order valence-electron chi connectivity index (χ1n) is 9.11. The summed E-state index contributed by atoms with van der Waals surface area (Å²) in [5.74, 6) is 0.752. The van der Waals surface area contributed by atoms with E-state index in [-0.39, 0.29) is 12.1 Å². The van der Waals surface area contributed by atoms with E-state index in [1.165, 1.54) is 0 Å². The van der Waals surface area contributed by atoms with Crippen LogP contribution in [0.3, 0.4) is 0 Å². The predicted molar refractivity (Wildman–Crippen MR) is 112 cm³/mol. The highest BCUT2D eigenvalue weighted by Crippen LogP contribution is 2.30. The minimum Gasteiger partial charge on any atom is -0.489 e. The van der Waals surface area contributed by atoms with Gasteiger partial charge in [-0.3, -0.25) is 0 Å². The fraction of sp³-hybridized carbons (Fsp3) is 0.409. The van der Waals surface area contributed by atoms with Gasteiger partial charge in [0.1, 0.15) is 18.0 Å². The predicted octanol–water partition coefficient (Wildman–Crippen LogP) is 6.17. The van der Waals surface area contributed by atoms with E-state index in [4.69, 9.17) is 9.47 Å². The van der Waals surface area contributed by atoms with Crippen molar-refractivity contribution in [3.8, 4) is 5.75 Å². The van der Waals surface area contributed by atoms with Gasteiger partial charge in [-0.05, 0) is 52.3 Å². The third-order valence-electron chi connectivity index (χ3n) is 3.89. The average Bonchev–Trinajstić information content (AvgIpc) is 2.58. The Hall–Kier alpha value is -2.01. The molecule has 0 saturated carbocycles. The molecule has 0 saturated heterocycles. The molecule has 0 aliphatic carbocycles. The third kappa shape index (κ3) is 6.58. The lowest BCUT2D eigenvalue weighted by Crippen LogP contribution is -2.40. The summed E-state index contributed by atoms with van der Waals surface area (Å²) in [5, 5.41) is 0. The normalized spacial score (nSPS) is 11.4. The Balaban J connectivity index is 2.21. The monoisotopic (exact) mass is 433 g/mol. The van der Waals surface area contributed by atoms with Crippen LogP contribution in [0, 0.1) is 0 Å². The second-order valence-corrected chi connectivity index (χ2v) is 8.55. The number of hydrogen-bond donors (Lipinski definition) is 0. The van der Waals surface area contributed by atoms with Gasteiger partial charge in [0.05, 0.1) is 6.54 Å². The summed E-state index contributed by atoms with van der Waals surface area (Å²) in [6.07, 6.45) is -0.331. The number of amides is 1. The molecule has 0 atom stereocenters. The van der Waals surface area contributed by atoms with Crippen molar-refractivity contribution in [2.45, 2.75) is 59.4 Å². The van der Waals surface area contributed by atoms with Gasteiger partial charge in [0.25, 0.3) is 0 Å². The molecule has 5 heteroatoms. The van der Waals surface area contributed by atoms with E-state index in [9.17, 15) is 4.79 Å². The van der Waals surface area contributed by atoms with E-state index >= 15 is 0 Å². The van der Waals surface area contributed by atoms with Crippen molar-refractivity contribution >= 4 is 22.0 Å². The summed E-state index contributed by atoms with van der Waals surface area (Å²) < 4.78 is 12.5. The van der Waals surface area contributed by atoms with Crippen molar-refractivity contribution in [1.82, 2.24) is 4.90 Å². The van der Waals surface area contributed by atoms with Crippen LogP contribution < -0.4 is 4.74 Å². The molecule has 1 amide bonds. The fourth-order valence-corrected chi connectivity index (χ4v) is 2.99. The topological polar surface area (TPSA) is 38.8 Å². The second-order valence-electron chi connectivity index (χ2n) is 7.69. The molecule has 0 fully saturated rings. The van der Waals surface area contributed by atoms with E-state index in [0.29, 0.717) is 13.2 Å². The first-order valence-corrected chi connectivity index (χ1v) is 9.90. The Labute approximate surface area is 170 Å². The third-order valence-corrected chi connectivity index (χ3v) is 4.64. The lowest BCUT2D eigenvalue weighted by molar-refractivity contribution is 0.0170. The Bertz CT molecular complexity index is 754. The number of benzene rings is 2. The van der Waals surface area contributed by atoms with Gasteiger partial charge in [-0.25, -0.2) is 4.79 Å². The van der Waals surface area contributed by atoms with E-state index in [1.54, 1.807) is 4.90 Å². The quantitative estimate of drug-likeness (QED) is 0.546. The maximum absolute atomic E-state index is 12.7. The van der Waals surface area contributed by atoms with Crippen LogP contribution in [0.4, 0.5) is 4.79 Å². The Kier molecular flexibility index (Phi) is 7.31. The van der Waals surface area contributed by atoms with Crippen LogP contribution in [-0.4, -0.2) is 22.6 Å². The van der Waals surface area contributed by atoms with Crippen LogP contribution >= 0.6 is 15.9 Å². The van der Waals surface area contributed by atoms with Gasteiger partial charge in [-0.15, -0.1) is 0 Å². The molecular weight excluding hydrogens is 406 g/mol. The van der Waals surface area contributed by atoms with E-state index in [1.807, 2.05) is 83.1 Å². The van der Waals surface area contributed by atoms with Crippen molar-refractivity contribution in [2.24, 2.45) is 0 Å². The summed E-state index contributed by atoms with van der Waals surface area (Å²) in [5.41, 5.74) is 1.48. The molecule has 0 aliphatic rings. The zero-order valence-electron chi connectivity index (χ0n) is 16.7. The van der Waals surface area contributed by atoms with E-state index in [0.717, 1.165) is 21.3 Å². The number of carbonyl (C=O) groups is 1. The van der Waals surface area contributed by atoms with Gasteiger partial charge in [0, 0.05) is 16.1 Å². The highest BCUT2D eigenvalue weighted by Gasteiger charge is 2.26. The molecule has 0 radical (unpaired) electrons. The largest absolute Gasteiger partial charge is 0.489 e. The minimum atomic E-state index is -0.537. The molecule has 27 heavy (non-hydrogen) atoms. The number of hydrogen-bond acceptors (Lipinski definition) is 3. The van der Waals surface area contributed by atoms with Crippen molar-refractivity contribution in [2.75, 3.05) is 0 Å². The lowest BCUT2D eigenvalue weighted by Gasteiger charge is -2.31. The molecule has 2 aromatic rings. The van der Waals surface area contributed by atoms with Crippen LogP contribution in [0.15, 0.2) is 53.0 Å². The maximum atomic E-state index is 12.7. The highest BCUT2D eigenvalue weighted by molar-refractivity contribution is 9.10. The summed E-state index contributed by atoms with van der Waals surface area (Å²) in [7, 11) is 0. The number of ether oxygens (including phenoxy) is 2. The van der Waals surface area contributed by atoms with Gasteiger partial charge < -0.3 is 14.4 Å².